The molecule has 1 aromatic heterocycles. The molecule has 2 aromatic rings. The summed E-state index contributed by atoms with van der Waals surface area (Å²) in [5, 5.41) is 7.48. The standard InChI is InChI=1S/C18H22BrN3O2/c1-12-17(19)13(2)22(21-12)11-14-5-3-6-15(9-14)18(23)20-10-16-7-4-8-24-16/h3,5-6,9,16H,4,7-8,10-11H2,1-2H3,(H,20,23). The fourth-order valence-electron chi connectivity index (χ4n) is 2.93. The molecule has 0 radical (unpaired) electrons. The van der Waals surface area contributed by atoms with E-state index in [2.05, 4.69) is 26.3 Å². The molecular weight excluding hydrogens is 370 g/mol. The normalized spacial score (nSPS) is 17.2. The van der Waals surface area contributed by atoms with Crippen LogP contribution in [0.4, 0.5) is 0 Å². The molecule has 1 aliphatic heterocycles. The molecule has 1 amide bonds. The fourth-order valence-corrected chi connectivity index (χ4v) is 3.21. The van der Waals surface area contributed by atoms with E-state index in [-0.39, 0.29) is 12.0 Å². The van der Waals surface area contributed by atoms with Gasteiger partial charge in [0.1, 0.15) is 0 Å². The van der Waals surface area contributed by atoms with Crippen molar-refractivity contribution >= 4 is 21.8 Å². The van der Waals surface area contributed by atoms with Gasteiger partial charge >= 0.3 is 0 Å². The number of aryl methyl sites for hydroxylation is 1. The summed E-state index contributed by atoms with van der Waals surface area (Å²) < 4.78 is 8.52. The Labute approximate surface area is 150 Å². The molecule has 0 aliphatic carbocycles. The Balaban J connectivity index is 1.66. The van der Waals surface area contributed by atoms with Crippen LogP contribution in [0.2, 0.25) is 0 Å². The summed E-state index contributed by atoms with van der Waals surface area (Å²) in [5.74, 6) is -0.0538. The third-order valence-electron chi connectivity index (χ3n) is 4.33. The molecule has 128 valence electrons. The SMILES string of the molecule is Cc1nn(Cc2cccc(C(=O)NCC3CCCO3)c2)c(C)c1Br. The van der Waals surface area contributed by atoms with Crippen LogP contribution in [0.25, 0.3) is 0 Å². The van der Waals surface area contributed by atoms with Gasteiger partial charge in [-0.25, -0.2) is 0 Å². The van der Waals surface area contributed by atoms with Gasteiger partial charge in [0, 0.05) is 18.7 Å². The molecule has 2 heterocycles. The number of carbonyl (C=O) groups is 1. The van der Waals surface area contributed by atoms with Crippen LogP contribution >= 0.6 is 15.9 Å². The number of carbonyl (C=O) groups excluding carboxylic acids is 1. The predicted octanol–water partition coefficient (Wildman–Crippen LogP) is 3.22. The van der Waals surface area contributed by atoms with E-state index in [1.165, 1.54) is 0 Å². The maximum atomic E-state index is 12.3. The van der Waals surface area contributed by atoms with Crippen LogP contribution in [0.15, 0.2) is 28.7 Å². The first-order valence-electron chi connectivity index (χ1n) is 8.23. The average molecular weight is 392 g/mol. The summed E-state index contributed by atoms with van der Waals surface area (Å²) in [6, 6.07) is 7.69. The monoisotopic (exact) mass is 391 g/mol. The lowest BCUT2D eigenvalue weighted by Gasteiger charge is -2.11. The second kappa shape index (κ2) is 7.49. The number of aromatic nitrogens is 2. The van der Waals surface area contributed by atoms with E-state index in [0.717, 1.165) is 40.9 Å². The highest BCUT2D eigenvalue weighted by Gasteiger charge is 2.17. The van der Waals surface area contributed by atoms with E-state index in [0.29, 0.717) is 18.7 Å². The van der Waals surface area contributed by atoms with E-state index >= 15 is 0 Å². The fraction of sp³-hybridized carbons (Fsp3) is 0.444. The van der Waals surface area contributed by atoms with E-state index < -0.39 is 0 Å². The highest BCUT2D eigenvalue weighted by atomic mass is 79.9. The molecule has 1 aromatic carbocycles. The van der Waals surface area contributed by atoms with E-state index in [1.807, 2.05) is 42.8 Å². The number of nitrogens with one attached hydrogen (secondary N) is 1. The maximum Gasteiger partial charge on any atom is 0.251 e. The van der Waals surface area contributed by atoms with Crippen molar-refractivity contribution in [2.75, 3.05) is 13.2 Å². The number of halogens is 1. The first kappa shape index (κ1) is 17.2. The van der Waals surface area contributed by atoms with Crippen molar-refractivity contribution in [2.24, 2.45) is 0 Å². The molecule has 5 nitrogen and oxygen atoms in total. The molecule has 1 atom stereocenters. The zero-order chi connectivity index (χ0) is 17.1. The van der Waals surface area contributed by atoms with Gasteiger partial charge in [0.2, 0.25) is 0 Å². The predicted molar refractivity (Wildman–Crippen MR) is 96.3 cm³/mol. The highest BCUT2D eigenvalue weighted by molar-refractivity contribution is 9.10. The van der Waals surface area contributed by atoms with Crippen molar-refractivity contribution < 1.29 is 9.53 Å². The van der Waals surface area contributed by atoms with E-state index in [1.54, 1.807) is 0 Å². The summed E-state index contributed by atoms with van der Waals surface area (Å²) in [6.45, 7) is 6.03. The lowest BCUT2D eigenvalue weighted by Crippen LogP contribution is -2.31. The van der Waals surface area contributed by atoms with Crippen molar-refractivity contribution in [1.29, 1.82) is 0 Å². The summed E-state index contributed by atoms with van der Waals surface area (Å²) in [4.78, 5) is 12.3. The van der Waals surface area contributed by atoms with Gasteiger partial charge < -0.3 is 10.1 Å². The zero-order valence-corrected chi connectivity index (χ0v) is 15.6. The lowest BCUT2D eigenvalue weighted by molar-refractivity contribution is 0.0857. The first-order chi connectivity index (χ1) is 11.5. The van der Waals surface area contributed by atoms with Gasteiger partial charge in [0.05, 0.1) is 28.5 Å². The number of rotatable bonds is 5. The van der Waals surface area contributed by atoms with Gasteiger partial charge in [-0.05, 0) is 60.3 Å². The molecular formula is C18H22BrN3O2. The minimum atomic E-state index is -0.0538. The van der Waals surface area contributed by atoms with Gasteiger partial charge in [-0.1, -0.05) is 12.1 Å². The minimum Gasteiger partial charge on any atom is -0.376 e. The lowest BCUT2D eigenvalue weighted by atomic mass is 10.1. The molecule has 1 unspecified atom stereocenters. The van der Waals surface area contributed by atoms with Gasteiger partial charge in [-0.2, -0.15) is 5.10 Å². The highest BCUT2D eigenvalue weighted by Crippen LogP contribution is 2.21. The van der Waals surface area contributed by atoms with Crippen LogP contribution in [0.5, 0.6) is 0 Å². The smallest absolute Gasteiger partial charge is 0.251 e. The van der Waals surface area contributed by atoms with Crippen LogP contribution in [-0.4, -0.2) is 34.9 Å². The topological polar surface area (TPSA) is 56.2 Å². The van der Waals surface area contributed by atoms with E-state index in [9.17, 15) is 4.79 Å². The van der Waals surface area contributed by atoms with Crippen LogP contribution in [0, 0.1) is 13.8 Å². The van der Waals surface area contributed by atoms with Crippen LogP contribution in [0.3, 0.4) is 0 Å². The molecule has 6 heteroatoms. The van der Waals surface area contributed by atoms with Gasteiger partial charge in [0.15, 0.2) is 0 Å². The molecule has 3 rings (SSSR count). The second-order valence-electron chi connectivity index (χ2n) is 6.19. The van der Waals surface area contributed by atoms with Gasteiger partial charge in [-0.3, -0.25) is 9.48 Å². The average Bonchev–Trinajstić information content (AvgIpc) is 3.18. The Morgan fingerprint density at radius 2 is 2.29 bits per heavy atom. The molecule has 1 N–H and O–H groups in total. The number of hydrogen-bond donors (Lipinski definition) is 1. The molecule has 24 heavy (non-hydrogen) atoms. The molecule has 0 saturated carbocycles. The Kier molecular flexibility index (Phi) is 5.36. The first-order valence-corrected chi connectivity index (χ1v) is 9.02. The third kappa shape index (κ3) is 3.87. The summed E-state index contributed by atoms with van der Waals surface area (Å²) in [6.07, 6.45) is 2.26. The van der Waals surface area contributed by atoms with Crippen LogP contribution in [-0.2, 0) is 11.3 Å². The van der Waals surface area contributed by atoms with Crippen molar-refractivity contribution in [3.63, 3.8) is 0 Å². The number of amides is 1. The van der Waals surface area contributed by atoms with Gasteiger partial charge in [0.25, 0.3) is 5.91 Å². The Morgan fingerprint density at radius 1 is 1.46 bits per heavy atom. The summed E-state index contributed by atoms with van der Waals surface area (Å²) in [7, 11) is 0. The second-order valence-corrected chi connectivity index (χ2v) is 6.98. The molecule has 1 saturated heterocycles. The Hall–Kier alpha value is -1.66. The largest absolute Gasteiger partial charge is 0.376 e. The minimum absolute atomic E-state index is 0.0538. The summed E-state index contributed by atoms with van der Waals surface area (Å²) >= 11 is 3.54. The van der Waals surface area contributed by atoms with E-state index in [4.69, 9.17) is 4.74 Å². The summed E-state index contributed by atoms with van der Waals surface area (Å²) in [5.41, 5.74) is 3.78. The Bertz CT molecular complexity index is 736. The zero-order valence-electron chi connectivity index (χ0n) is 14.0. The number of ether oxygens (including phenoxy) is 1. The van der Waals surface area contributed by atoms with Crippen LogP contribution in [0.1, 0.15) is 40.2 Å². The quantitative estimate of drug-likeness (QED) is 0.850. The van der Waals surface area contributed by atoms with Gasteiger partial charge in [-0.15, -0.1) is 0 Å². The van der Waals surface area contributed by atoms with Crippen molar-refractivity contribution in [3.8, 4) is 0 Å². The number of benzene rings is 1. The third-order valence-corrected chi connectivity index (χ3v) is 5.48. The maximum absolute atomic E-state index is 12.3. The van der Waals surface area contributed by atoms with Crippen molar-refractivity contribution in [3.05, 3.63) is 51.3 Å². The van der Waals surface area contributed by atoms with Crippen molar-refractivity contribution in [1.82, 2.24) is 15.1 Å². The molecule has 0 spiro atoms. The molecule has 0 bridgehead atoms. The Morgan fingerprint density at radius 3 is 2.96 bits per heavy atom. The molecule has 1 fully saturated rings. The number of nitrogens with zero attached hydrogens (tertiary/aromatic N) is 2. The van der Waals surface area contributed by atoms with Crippen LogP contribution < -0.4 is 5.32 Å². The number of hydrogen-bond acceptors (Lipinski definition) is 3. The molecule has 1 aliphatic rings. The van der Waals surface area contributed by atoms with Crippen molar-refractivity contribution in [2.45, 2.75) is 39.3 Å².